The van der Waals surface area contributed by atoms with Crippen LogP contribution in [0.4, 0.5) is 5.69 Å². The first kappa shape index (κ1) is 31.0. The highest BCUT2D eigenvalue weighted by Crippen LogP contribution is 2.42. The molecule has 0 saturated heterocycles. The number of carbonyl (C=O) groups excluding carboxylic acids is 2. The lowest BCUT2D eigenvalue weighted by molar-refractivity contribution is -0.140. The number of aromatic nitrogens is 3. The van der Waals surface area contributed by atoms with Crippen LogP contribution in [0.2, 0.25) is 0 Å². The Labute approximate surface area is 270 Å². The predicted octanol–water partition coefficient (Wildman–Crippen LogP) is 4.60. The van der Waals surface area contributed by atoms with Crippen molar-refractivity contribution in [1.29, 1.82) is 0 Å². The van der Waals surface area contributed by atoms with Crippen molar-refractivity contribution in [2.75, 3.05) is 40.5 Å². The number of benzene rings is 4. The first-order chi connectivity index (χ1) is 22.9. The van der Waals surface area contributed by atoms with Crippen LogP contribution in [0, 0.1) is 0 Å². The second kappa shape index (κ2) is 13.6. The van der Waals surface area contributed by atoms with E-state index in [0.717, 1.165) is 5.56 Å². The van der Waals surface area contributed by atoms with Gasteiger partial charge < -0.3 is 38.6 Å². The number of rotatable bonds is 12. The van der Waals surface area contributed by atoms with Crippen LogP contribution in [-0.2, 0) is 22.7 Å². The molecule has 0 fully saturated rings. The lowest BCUT2D eigenvalue weighted by Crippen LogP contribution is -2.42. The van der Waals surface area contributed by atoms with E-state index in [9.17, 15) is 9.59 Å². The van der Waals surface area contributed by atoms with Gasteiger partial charge in [-0.05, 0) is 59.7 Å². The van der Waals surface area contributed by atoms with E-state index in [2.05, 4.69) is 15.6 Å². The summed E-state index contributed by atoms with van der Waals surface area (Å²) in [7, 11) is 6.04. The second-order valence-corrected chi connectivity index (χ2v) is 10.5. The third kappa shape index (κ3) is 6.41. The van der Waals surface area contributed by atoms with E-state index in [0.29, 0.717) is 56.8 Å². The quantitative estimate of drug-likeness (QED) is 0.206. The Morgan fingerprint density at radius 2 is 1.60 bits per heavy atom. The molecule has 2 amide bonds. The lowest BCUT2D eigenvalue weighted by Gasteiger charge is -2.32. The van der Waals surface area contributed by atoms with E-state index in [1.807, 2.05) is 36.4 Å². The van der Waals surface area contributed by atoms with E-state index in [-0.39, 0.29) is 19.9 Å². The molecule has 1 N–H and O–H groups in total. The number of ether oxygens (including phenoxy) is 6. The van der Waals surface area contributed by atoms with Gasteiger partial charge in [-0.3, -0.25) is 9.59 Å². The molecule has 13 heteroatoms. The smallest absolute Gasteiger partial charge is 0.251 e. The van der Waals surface area contributed by atoms with Crippen LogP contribution in [0.3, 0.4) is 0 Å². The molecule has 1 aromatic heterocycles. The topological polar surface area (TPSA) is 136 Å². The Morgan fingerprint density at radius 3 is 2.30 bits per heavy atom. The highest BCUT2D eigenvalue weighted by atomic mass is 16.7. The maximum Gasteiger partial charge on any atom is 0.251 e. The molecule has 0 unspecified atom stereocenters. The molecule has 242 valence electrons. The van der Waals surface area contributed by atoms with Crippen molar-refractivity contribution in [2.24, 2.45) is 0 Å². The number of fused-ring (bicyclic) bond motifs is 2. The minimum Gasteiger partial charge on any atom is -0.497 e. The Hall–Kier alpha value is -5.98. The van der Waals surface area contributed by atoms with Crippen molar-refractivity contribution in [3.63, 3.8) is 0 Å². The molecule has 0 spiro atoms. The van der Waals surface area contributed by atoms with Gasteiger partial charge in [0.25, 0.3) is 5.91 Å². The Morgan fingerprint density at radius 1 is 0.872 bits per heavy atom. The first-order valence-corrected chi connectivity index (χ1v) is 14.6. The fraction of sp³-hybridized carbons (Fsp3) is 0.235. The number of hydrogen-bond acceptors (Lipinski definition) is 10. The highest BCUT2D eigenvalue weighted by molar-refractivity contribution is 5.98. The molecule has 0 aliphatic carbocycles. The molecule has 1 atom stereocenters. The summed E-state index contributed by atoms with van der Waals surface area (Å²) in [4.78, 5) is 30.4. The molecule has 0 bridgehead atoms. The summed E-state index contributed by atoms with van der Waals surface area (Å²) in [5, 5.41) is 11.4. The molecule has 0 radical (unpaired) electrons. The summed E-state index contributed by atoms with van der Waals surface area (Å²) in [6.45, 7) is -0.0395. The number of amides is 2. The van der Waals surface area contributed by atoms with Crippen LogP contribution in [0.1, 0.15) is 17.2 Å². The third-order valence-corrected chi connectivity index (χ3v) is 7.74. The second-order valence-electron chi connectivity index (χ2n) is 10.5. The average Bonchev–Trinajstić information content (AvgIpc) is 3.74. The van der Waals surface area contributed by atoms with Gasteiger partial charge in [0, 0.05) is 18.3 Å². The number of nitrogens with zero attached hydrogens (tertiary/aromatic N) is 4. The molecule has 13 nitrogen and oxygen atoms in total. The third-order valence-electron chi connectivity index (χ3n) is 7.74. The lowest BCUT2D eigenvalue weighted by atomic mass is 10.0. The fourth-order valence-electron chi connectivity index (χ4n) is 5.42. The summed E-state index contributed by atoms with van der Waals surface area (Å²) in [5.41, 5.74) is 2.96. The largest absolute Gasteiger partial charge is 0.497 e. The minimum absolute atomic E-state index is 0.0609. The molecule has 0 saturated carbocycles. The average molecular weight is 640 g/mol. The Balaban J connectivity index is 1.46. The van der Waals surface area contributed by atoms with Crippen LogP contribution >= 0.6 is 0 Å². The maximum atomic E-state index is 14.5. The monoisotopic (exact) mass is 639 g/mol. The molecular formula is C34H33N5O8. The van der Waals surface area contributed by atoms with Crippen molar-refractivity contribution in [1.82, 2.24) is 19.9 Å². The van der Waals surface area contributed by atoms with Gasteiger partial charge in [-0.15, -0.1) is 5.10 Å². The summed E-state index contributed by atoms with van der Waals surface area (Å²) >= 11 is 0. The van der Waals surface area contributed by atoms with Crippen molar-refractivity contribution < 1.29 is 38.0 Å². The van der Waals surface area contributed by atoms with Gasteiger partial charge in [-0.25, -0.2) is 4.68 Å². The molecule has 4 aromatic carbocycles. The Bertz CT molecular complexity index is 1880. The van der Waals surface area contributed by atoms with Crippen LogP contribution in [0.15, 0.2) is 78.9 Å². The zero-order valence-electron chi connectivity index (χ0n) is 26.3. The standard InChI is InChI=1S/C34H33N5O8/c1-42-24-12-9-21(10-13-24)18-38(31(40)19-39-26-8-6-5-7-25(26)36-37-39)32(22-15-29(43-2)33(45-4)30(16-22)44-3)34(41)35-23-11-14-27-28(17-23)47-20-46-27/h5-17,32H,18-20H2,1-4H3,(H,35,41)/t32-/m0/s1. The zero-order chi connectivity index (χ0) is 32.9. The van der Waals surface area contributed by atoms with Crippen LogP contribution in [0.25, 0.3) is 11.0 Å². The van der Waals surface area contributed by atoms with Gasteiger partial charge >= 0.3 is 0 Å². The summed E-state index contributed by atoms with van der Waals surface area (Å²) < 4.78 is 34.6. The molecule has 6 rings (SSSR count). The van der Waals surface area contributed by atoms with E-state index >= 15 is 0 Å². The summed E-state index contributed by atoms with van der Waals surface area (Å²) in [6, 6.07) is 21.8. The van der Waals surface area contributed by atoms with Crippen molar-refractivity contribution in [3.8, 4) is 34.5 Å². The number of nitrogens with one attached hydrogen (secondary N) is 1. The predicted molar refractivity (Wildman–Crippen MR) is 171 cm³/mol. The van der Waals surface area contributed by atoms with Gasteiger partial charge in [-0.2, -0.15) is 0 Å². The zero-order valence-corrected chi connectivity index (χ0v) is 26.3. The molecule has 47 heavy (non-hydrogen) atoms. The first-order valence-electron chi connectivity index (χ1n) is 14.6. The van der Waals surface area contributed by atoms with E-state index in [1.165, 1.54) is 30.9 Å². The minimum atomic E-state index is -1.18. The van der Waals surface area contributed by atoms with Crippen molar-refractivity contribution in [3.05, 3.63) is 90.0 Å². The number of para-hydroxylation sites is 1. The fourth-order valence-corrected chi connectivity index (χ4v) is 5.42. The van der Waals surface area contributed by atoms with Gasteiger partial charge in [0.05, 0.1) is 34.0 Å². The van der Waals surface area contributed by atoms with Gasteiger partial charge in [0.15, 0.2) is 23.0 Å². The van der Waals surface area contributed by atoms with E-state index in [4.69, 9.17) is 28.4 Å². The van der Waals surface area contributed by atoms with Gasteiger partial charge in [0.2, 0.25) is 18.4 Å². The van der Waals surface area contributed by atoms with Crippen LogP contribution < -0.4 is 33.7 Å². The van der Waals surface area contributed by atoms with Gasteiger partial charge in [-0.1, -0.05) is 29.5 Å². The van der Waals surface area contributed by atoms with E-state index in [1.54, 1.807) is 49.6 Å². The highest BCUT2D eigenvalue weighted by Gasteiger charge is 2.34. The summed E-state index contributed by atoms with van der Waals surface area (Å²) in [6.07, 6.45) is 0. The number of methoxy groups -OCH3 is 4. The maximum absolute atomic E-state index is 14.5. The number of carbonyl (C=O) groups is 2. The van der Waals surface area contributed by atoms with E-state index < -0.39 is 17.9 Å². The van der Waals surface area contributed by atoms with Crippen LogP contribution in [-0.4, -0.2) is 66.9 Å². The molecule has 1 aliphatic heterocycles. The number of anilines is 1. The summed E-state index contributed by atoms with van der Waals surface area (Å²) in [5.74, 6) is 1.82. The molecular weight excluding hydrogens is 606 g/mol. The normalized spacial score (nSPS) is 12.3. The molecule has 1 aliphatic rings. The SMILES string of the molecule is COc1ccc(CN(C(=O)Cn2nnc3ccccc32)[C@H](C(=O)Nc2ccc3c(c2)OCO3)c2cc(OC)c(OC)c(OC)c2)cc1. The molecule has 2 heterocycles. The van der Waals surface area contributed by atoms with Crippen molar-refractivity contribution in [2.45, 2.75) is 19.1 Å². The van der Waals surface area contributed by atoms with Gasteiger partial charge in [0.1, 0.15) is 23.9 Å². The van der Waals surface area contributed by atoms with Crippen LogP contribution in [0.5, 0.6) is 34.5 Å². The number of hydrogen-bond donors (Lipinski definition) is 1. The Kier molecular flexibility index (Phi) is 8.95. The molecule has 5 aromatic rings. The van der Waals surface area contributed by atoms with Crippen molar-refractivity contribution >= 4 is 28.5 Å².